The number of halogens is 1. The first-order valence-electron chi connectivity index (χ1n) is 5.27. The minimum atomic E-state index is -0.441. The number of nitrogens with two attached hydrogens (primary N) is 1. The Balaban J connectivity index is 0.000000750. The van der Waals surface area contributed by atoms with Gasteiger partial charge in [0.05, 0.1) is 5.54 Å². The maximum absolute atomic E-state index is 11.9. The smallest absolute Gasteiger partial charge is 0.243 e. The Hall–Kier alpha value is -0.280. The van der Waals surface area contributed by atoms with Crippen molar-refractivity contribution in [1.29, 1.82) is 0 Å². The molecule has 1 amide bonds. The lowest BCUT2D eigenvalue weighted by atomic mass is 9.67. The van der Waals surface area contributed by atoms with Crippen molar-refractivity contribution in [3.63, 3.8) is 0 Å². The lowest BCUT2D eigenvalue weighted by Crippen LogP contribution is -2.68. The molecule has 0 radical (unpaired) electrons. The Morgan fingerprint density at radius 3 is 2.07 bits per heavy atom. The van der Waals surface area contributed by atoms with Crippen LogP contribution in [0.5, 0.6) is 0 Å². The van der Waals surface area contributed by atoms with Crippen LogP contribution in [-0.4, -0.2) is 28.4 Å². The van der Waals surface area contributed by atoms with Crippen LogP contribution in [0.3, 0.4) is 0 Å². The second-order valence-corrected chi connectivity index (χ2v) is 4.94. The highest BCUT2D eigenvalue weighted by atomic mass is 35.5. The van der Waals surface area contributed by atoms with E-state index in [9.17, 15) is 4.79 Å². The number of likely N-dealkylation sites (tertiary alicyclic amines) is 1. The molecular weight excluding hydrogens is 200 g/mol. The fourth-order valence-corrected chi connectivity index (χ4v) is 2.58. The highest BCUT2D eigenvalue weighted by molar-refractivity contribution is 5.90. The first-order chi connectivity index (χ1) is 6.16. The maximum atomic E-state index is 11.9. The van der Waals surface area contributed by atoms with Gasteiger partial charge in [-0.15, -0.1) is 12.4 Å². The number of carbonyl (C=O) groups excluding carboxylic acids is 1. The van der Waals surface area contributed by atoms with Gasteiger partial charge in [-0.05, 0) is 38.5 Å². The van der Waals surface area contributed by atoms with E-state index in [2.05, 4.69) is 4.90 Å². The van der Waals surface area contributed by atoms with Crippen LogP contribution in [0.15, 0.2) is 0 Å². The highest BCUT2D eigenvalue weighted by Crippen LogP contribution is 2.49. The van der Waals surface area contributed by atoms with Crippen LogP contribution in [0, 0.1) is 0 Å². The topological polar surface area (TPSA) is 46.3 Å². The Bertz CT molecular complexity index is 266. The zero-order chi connectivity index (χ0) is 9.10. The summed E-state index contributed by atoms with van der Waals surface area (Å²) in [5.74, 6) is 0.235. The third-order valence-corrected chi connectivity index (χ3v) is 4.12. The molecule has 0 atom stereocenters. The van der Waals surface area contributed by atoms with Crippen molar-refractivity contribution >= 4 is 18.3 Å². The predicted molar refractivity (Wildman–Crippen MR) is 56.3 cm³/mol. The SMILES string of the molecule is Cl.NC1(C(=O)N2CCC23CCC3)CC1. The van der Waals surface area contributed by atoms with Gasteiger partial charge in [0.2, 0.25) is 5.91 Å². The van der Waals surface area contributed by atoms with E-state index in [4.69, 9.17) is 5.73 Å². The van der Waals surface area contributed by atoms with Crippen LogP contribution in [-0.2, 0) is 4.79 Å². The van der Waals surface area contributed by atoms with Crippen molar-refractivity contribution in [1.82, 2.24) is 4.90 Å². The van der Waals surface area contributed by atoms with E-state index in [-0.39, 0.29) is 23.9 Å². The second kappa shape index (κ2) is 2.86. The maximum Gasteiger partial charge on any atom is 0.243 e. The molecule has 3 aliphatic rings. The van der Waals surface area contributed by atoms with E-state index in [1.54, 1.807) is 0 Å². The summed E-state index contributed by atoms with van der Waals surface area (Å²) in [5, 5.41) is 0. The van der Waals surface area contributed by atoms with Gasteiger partial charge in [-0.25, -0.2) is 0 Å². The summed E-state index contributed by atoms with van der Waals surface area (Å²) >= 11 is 0. The molecule has 3 nitrogen and oxygen atoms in total. The Kier molecular flexibility index (Phi) is 2.09. The van der Waals surface area contributed by atoms with Gasteiger partial charge < -0.3 is 10.6 Å². The Morgan fingerprint density at radius 1 is 1.14 bits per heavy atom. The van der Waals surface area contributed by atoms with Crippen LogP contribution in [0.25, 0.3) is 0 Å². The van der Waals surface area contributed by atoms with E-state index in [1.807, 2.05) is 0 Å². The van der Waals surface area contributed by atoms with E-state index < -0.39 is 5.54 Å². The van der Waals surface area contributed by atoms with Crippen molar-refractivity contribution in [3.05, 3.63) is 0 Å². The molecule has 3 fully saturated rings. The largest absolute Gasteiger partial charge is 0.335 e. The summed E-state index contributed by atoms with van der Waals surface area (Å²) in [6.07, 6.45) is 6.75. The van der Waals surface area contributed by atoms with E-state index in [0.29, 0.717) is 0 Å². The van der Waals surface area contributed by atoms with Gasteiger partial charge in [-0.3, -0.25) is 4.79 Å². The molecule has 0 aromatic heterocycles. The van der Waals surface area contributed by atoms with E-state index in [0.717, 1.165) is 19.4 Å². The van der Waals surface area contributed by atoms with Crippen molar-refractivity contribution < 1.29 is 4.79 Å². The summed E-state index contributed by atoms with van der Waals surface area (Å²) in [6, 6.07) is 0. The molecule has 80 valence electrons. The summed E-state index contributed by atoms with van der Waals surface area (Å²) < 4.78 is 0. The first-order valence-corrected chi connectivity index (χ1v) is 5.27. The van der Waals surface area contributed by atoms with Crippen LogP contribution in [0.1, 0.15) is 38.5 Å². The summed E-state index contributed by atoms with van der Waals surface area (Å²) in [4.78, 5) is 14.0. The summed E-state index contributed by atoms with van der Waals surface area (Å²) in [6.45, 7) is 0.956. The fraction of sp³-hybridized carbons (Fsp3) is 0.900. The fourth-order valence-electron chi connectivity index (χ4n) is 2.58. The number of hydrogen-bond acceptors (Lipinski definition) is 2. The third kappa shape index (κ3) is 1.12. The second-order valence-electron chi connectivity index (χ2n) is 4.94. The molecule has 1 heterocycles. The molecule has 4 heteroatoms. The van der Waals surface area contributed by atoms with Crippen LogP contribution < -0.4 is 5.73 Å². The molecule has 1 saturated heterocycles. The molecule has 0 aromatic carbocycles. The third-order valence-electron chi connectivity index (χ3n) is 4.12. The highest BCUT2D eigenvalue weighted by Gasteiger charge is 2.57. The van der Waals surface area contributed by atoms with E-state index in [1.165, 1.54) is 25.7 Å². The van der Waals surface area contributed by atoms with Gasteiger partial charge in [-0.2, -0.15) is 0 Å². The van der Waals surface area contributed by atoms with Crippen LogP contribution in [0.4, 0.5) is 0 Å². The van der Waals surface area contributed by atoms with Gasteiger partial charge in [0.15, 0.2) is 0 Å². The van der Waals surface area contributed by atoms with E-state index >= 15 is 0 Å². The molecule has 0 unspecified atom stereocenters. The predicted octanol–water partition coefficient (Wildman–Crippen LogP) is 1.05. The molecule has 14 heavy (non-hydrogen) atoms. The lowest BCUT2D eigenvalue weighted by molar-refractivity contribution is -0.158. The number of hydrogen-bond donors (Lipinski definition) is 1. The Morgan fingerprint density at radius 2 is 1.79 bits per heavy atom. The van der Waals surface area contributed by atoms with Crippen LogP contribution >= 0.6 is 12.4 Å². The zero-order valence-electron chi connectivity index (χ0n) is 8.29. The molecule has 0 bridgehead atoms. The van der Waals surface area contributed by atoms with Crippen LogP contribution in [0.2, 0.25) is 0 Å². The average Bonchev–Trinajstić information content (AvgIpc) is 2.63. The minimum absolute atomic E-state index is 0. The van der Waals surface area contributed by atoms with Gasteiger partial charge in [0.1, 0.15) is 0 Å². The number of nitrogens with zero attached hydrogens (tertiary/aromatic N) is 1. The van der Waals surface area contributed by atoms with Gasteiger partial charge in [-0.1, -0.05) is 0 Å². The molecule has 1 aliphatic heterocycles. The minimum Gasteiger partial charge on any atom is -0.335 e. The van der Waals surface area contributed by atoms with Gasteiger partial charge >= 0.3 is 0 Å². The monoisotopic (exact) mass is 216 g/mol. The van der Waals surface area contributed by atoms with Crippen molar-refractivity contribution in [2.45, 2.75) is 49.6 Å². The molecule has 0 aromatic rings. The number of amides is 1. The lowest BCUT2D eigenvalue weighted by Gasteiger charge is -2.59. The molecule has 1 spiro atoms. The van der Waals surface area contributed by atoms with Gasteiger partial charge in [0, 0.05) is 12.1 Å². The number of carbonyl (C=O) groups is 1. The number of rotatable bonds is 1. The first kappa shape index (κ1) is 10.2. The van der Waals surface area contributed by atoms with Crippen molar-refractivity contribution in [3.8, 4) is 0 Å². The van der Waals surface area contributed by atoms with Crippen molar-refractivity contribution in [2.75, 3.05) is 6.54 Å². The molecule has 2 aliphatic carbocycles. The standard InChI is InChI=1S/C10H16N2O.ClH/c11-10(4-5-10)8(13)12-7-6-9(12)2-1-3-9;/h1-7,11H2;1H. The van der Waals surface area contributed by atoms with Gasteiger partial charge in [0.25, 0.3) is 0 Å². The average molecular weight is 217 g/mol. The summed E-state index contributed by atoms with van der Waals surface area (Å²) in [7, 11) is 0. The molecule has 2 saturated carbocycles. The molecule has 2 N–H and O–H groups in total. The molecular formula is C10H17ClN2O. The Labute approximate surface area is 90.4 Å². The normalized spacial score (nSPS) is 29.9. The molecule has 3 rings (SSSR count). The van der Waals surface area contributed by atoms with Crippen molar-refractivity contribution in [2.24, 2.45) is 5.73 Å². The summed E-state index contributed by atoms with van der Waals surface area (Å²) in [5.41, 5.74) is 5.75. The zero-order valence-corrected chi connectivity index (χ0v) is 9.11. The quantitative estimate of drug-likeness (QED) is 0.713.